The Labute approximate surface area is 90.4 Å². The molecule has 0 aromatic carbocycles. The van der Waals surface area contributed by atoms with Crippen molar-refractivity contribution >= 4 is 12.0 Å². The maximum atomic E-state index is 11.2. The monoisotopic (exact) mass is 213 g/mol. The molecule has 0 bridgehead atoms. The molecule has 0 unspecified atom stereocenters. The van der Waals surface area contributed by atoms with Crippen LogP contribution in [0.1, 0.15) is 51.9 Å². The minimum absolute atomic E-state index is 0.0176. The number of imide groups is 1. The van der Waals surface area contributed by atoms with Crippen LogP contribution >= 0.6 is 0 Å². The summed E-state index contributed by atoms with van der Waals surface area (Å²) in [6.45, 7) is 2.00. The van der Waals surface area contributed by atoms with Crippen LogP contribution in [0.25, 0.3) is 0 Å². The van der Waals surface area contributed by atoms with Crippen LogP contribution in [0.15, 0.2) is 0 Å². The average molecular weight is 213 g/mol. The predicted octanol–water partition coefficient (Wildman–Crippen LogP) is 2.37. The van der Waals surface area contributed by atoms with Gasteiger partial charge in [0.25, 0.3) is 0 Å². The fourth-order valence-corrected chi connectivity index (χ4v) is 1.70. The highest BCUT2D eigenvalue weighted by atomic mass is 16.6. The third-order valence-electron chi connectivity index (χ3n) is 2.57. The molecule has 0 radical (unpaired) electrons. The Bertz CT molecular complexity index is 222. The molecule has 0 atom stereocenters. The van der Waals surface area contributed by atoms with Gasteiger partial charge < -0.3 is 4.74 Å². The van der Waals surface area contributed by atoms with Crippen molar-refractivity contribution in [2.24, 2.45) is 0 Å². The molecule has 1 N–H and O–H groups in total. The predicted molar refractivity (Wildman–Crippen MR) is 56.4 cm³/mol. The molecule has 15 heavy (non-hydrogen) atoms. The fraction of sp³-hybridized carbons (Fsp3) is 0.818. The molecule has 1 fully saturated rings. The number of carbonyl (C=O) groups is 2. The molecular formula is C11H19NO3. The van der Waals surface area contributed by atoms with E-state index < -0.39 is 6.09 Å². The third-order valence-corrected chi connectivity index (χ3v) is 2.57. The highest BCUT2D eigenvalue weighted by molar-refractivity contribution is 5.91. The molecule has 0 aliphatic heterocycles. The minimum atomic E-state index is -0.581. The number of ether oxygens (including phenoxy) is 1. The van der Waals surface area contributed by atoms with Crippen LogP contribution in [-0.4, -0.2) is 18.1 Å². The Kier molecular flexibility index (Phi) is 5.15. The molecule has 2 amide bonds. The second kappa shape index (κ2) is 6.43. The van der Waals surface area contributed by atoms with Crippen molar-refractivity contribution in [2.75, 3.05) is 0 Å². The van der Waals surface area contributed by atoms with Crippen LogP contribution in [0.4, 0.5) is 4.79 Å². The molecule has 0 saturated heterocycles. The van der Waals surface area contributed by atoms with Gasteiger partial charge >= 0.3 is 6.09 Å². The van der Waals surface area contributed by atoms with Crippen LogP contribution in [0.2, 0.25) is 0 Å². The van der Waals surface area contributed by atoms with Gasteiger partial charge in [0.1, 0.15) is 6.10 Å². The molecule has 0 aromatic heterocycles. The van der Waals surface area contributed by atoms with Gasteiger partial charge in [-0.15, -0.1) is 0 Å². The van der Waals surface area contributed by atoms with Crippen molar-refractivity contribution in [3.8, 4) is 0 Å². The van der Waals surface area contributed by atoms with Crippen molar-refractivity contribution in [2.45, 2.75) is 58.0 Å². The summed E-state index contributed by atoms with van der Waals surface area (Å²) in [5.41, 5.74) is 0. The highest BCUT2D eigenvalue weighted by Gasteiger charge is 2.19. The van der Waals surface area contributed by atoms with Gasteiger partial charge in [-0.2, -0.15) is 0 Å². The molecule has 1 saturated carbocycles. The van der Waals surface area contributed by atoms with Crippen molar-refractivity contribution in [1.82, 2.24) is 5.32 Å². The number of hydrogen-bond acceptors (Lipinski definition) is 3. The van der Waals surface area contributed by atoms with E-state index in [0.717, 1.165) is 38.5 Å². The number of rotatable bonds is 4. The number of unbranched alkanes of at least 4 members (excludes halogenated alkanes) is 1. The first-order chi connectivity index (χ1) is 7.22. The van der Waals surface area contributed by atoms with Gasteiger partial charge in [-0.05, 0) is 32.1 Å². The largest absolute Gasteiger partial charge is 0.446 e. The van der Waals surface area contributed by atoms with Gasteiger partial charge in [-0.25, -0.2) is 4.79 Å². The van der Waals surface area contributed by atoms with E-state index in [2.05, 4.69) is 5.32 Å². The first-order valence-electron chi connectivity index (χ1n) is 5.73. The Morgan fingerprint density at radius 3 is 2.60 bits per heavy atom. The smallest absolute Gasteiger partial charge is 0.414 e. The second-order valence-corrected chi connectivity index (χ2v) is 3.96. The van der Waals surface area contributed by atoms with E-state index in [4.69, 9.17) is 4.74 Å². The number of nitrogens with one attached hydrogen (secondary N) is 1. The maximum absolute atomic E-state index is 11.2. The molecule has 0 spiro atoms. The zero-order valence-corrected chi connectivity index (χ0v) is 9.25. The zero-order chi connectivity index (χ0) is 11.1. The van der Waals surface area contributed by atoms with Crippen molar-refractivity contribution < 1.29 is 14.3 Å². The molecule has 4 heteroatoms. The molecule has 1 rings (SSSR count). The van der Waals surface area contributed by atoms with Gasteiger partial charge in [0, 0.05) is 6.42 Å². The maximum Gasteiger partial charge on any atom is 0.414 e. The quantitative estimate of drug-likeness (QED) is 0.780. The molecule has 0 heterocycles. The summed E-state index contributed by atoms with van der Waals surface area (Å²) in [6.07, 6.45) is 5.67. The summed E-state index contributed by atoms with van der Waals surface area (Å²) in [6, 6.07) is 0. The SMILES string of the molecule is CCCCC(=O)NC(=O)OC1CCCC1. The second-order valence-electron chi connectivity index (χ2n) is 3.96. The Hall–Kier alpha value is -1.06. The molecule has 86 valence electrons. The Morgan fingerprint density at radius 2 is 2.00 bits per heavy atom. The molecule has 1 aliphatic carbocycles. The van der Waals surface area contributed by atoms with Crippen LogP contribution in [0.3, 0.4) is 0 Å². The van der Waals surface area contributed by atoms with Gasteiger partial charge in [-0.3, -0.25) is 10.1 Å². The van der Waals surface area contributed by atoms with E-state index in [1.165, 1.54) is 0 Å². The summed E-state index contributed by atoms with van der Waals surface area (Å²) in [4.78, 5) is 22.4. The van der Waals surface area contributed by atoms with Crippen LogP contribution in [0.5, 0.6) is 0 Å². The summed E-state index contributed by atoms with van der Waals surface area (Å²) in [5.74, 6) is -0.236. The van der Waals surface area contributed by atoms with Crippen LogP contribution in [0, 0.1) is 0 Å². The Morgan fingerprint density at radius 1 is 1.33 bits per heavy atom. The van der Waals surface area contributed by atoms with Gasteiger partial charge in [-0.1, -0.05) is 13.3 Å². The fourth-order valence-electron chi connectivity index (χ4n) is 1.70. The first kappa shape index (κ1) is 12.0. The molecule has 4 nitrogen and oxygen atoms in total. The van der Waals surface area contributed by atoms with Gasteiger partial charge in [0.05, 0.1) is 0 Å². The van der Waals surface area contributed by atoms with E-state index in [1.807, 2.05) is 6.92 Å². The Balaban J connectivity index is 2.14. The number of hydrogen-bond donors (Lipinski definition) is 1. The third kappa shape index (κ3) is 4.81. The van der Waals surface area contributed by atoms with Gasteiger partial charge in [0.2, 0.25) is 5.91 Å². The van der Waals surface area contributed by atoms with Crippen LogP contribution < -0.4 is 5.32 Å². The molecule has 1 aliphatic rings. The molecular weight excluding hydrogens is 194 g/mol. The van der Waals surface area contributed by atoms with E-state index in [0.29, 0.717) is 6.42 Å². The van der Waals surface area contributed by atoms with E-state index in [1.54, 1.807) is 0 Å². The highest BCUT2D eigenvalue weighted by Crippen LogP contribution is 2.20. The number of amides is 2. The standard InChI is InChI=1S/C11H19NO3/c1-2-3-8-10(13)12-11(14)15-9-6-4-5-7-9/h9H,2-8H2,1H3,(H,12,13,14). The summed E-state index contributed by atoms with van der Waals surface area (Å²) in [5, 5.41) is 2.24. The van der Waals surface area contributed by atoms with Crippen molar-refractivity contribution in [3.63, 3.8) is 0 Å². The lowest BCUT2D eigenvalue weighted by atomic mass is 10.2. The summed E-state index contributed by atoms with van der Waals surface area (Å²) in [7, 11) is 0. The number of alkyl carbamates (subject to hydrolysis) is 1. The van der Waals surface area contributed by atoms with Crippen molar-refractivity contribution in [1.29, 1.82) is 0 Å². The first-order valence-corrected chi connectivity index (χ1v) is 5.73. The zero-order valence-electron chi connectivity index (χ0n) is 9.25. The van der Waals surface area contributed by atoms with E-state index in [-0.39, 0.29) is 12.0 Å². The van der Waals surface area contributed by atoms with E-state index >= 15 is 0 Å². The van der Waals surface area contributed by atoms with Crippen LogP contribution in [-0.2, 0) is 9.53 Å². The minimum Gasteiger partial charge on any atom is -0.446 e. The average Bonchev–Trinajstić information content (AvgIpc) is 2.67. The van der Waals surface area contributed by atoms with E-state index in [9.17, 15) is 9.59 Å². The summed E-state index contributed by atoms with van der Waals surface area (Å²) >= 11 is 0. The lowest BCUT2D eigenvalue weighted by Gasteiger charge is -2.11. The lowest BCUT2D eigenvalue weighted by molar-refractivity contribution is -0.120. The number of carbonyl (C=O) groups excluding carboxylic acids is 2. The topological polar surface area (TPSA) is 55.4 Å². The van der Waals surface area contributed by atoms with Gasteiger partial charge in [0.15, 0.2) is 0 Å². The lowest BCUT2D eigenvalue weighted by Crippen LogP contribution is -2.33. The normalized spacial score (nSPS) is 16.3. The molecule has 0 aromatic rings. The van der Waals surface area contributed by atoms with Crippen molar-refractivity contribution in [3.05, 3.63) is 0 Å². The summed E-state index contributed by atoms with van der Waals surface area (Å²) < 4.78 is 5.09.